The summed E-state index contributed by atoms with van der Waals surface area (Å²) < 4.78 is 0. The average Bonchev–Trinajstić information content (AvgIpc) is 2.30. The Morgan fingerprint density at radius 2 is 2.25 bits per heavy atom. The van der Waals surface area contributed by atoms with E-state index >= 15 is 0 Å². The number of aryl methyl sites for hydroxylation is 1. The fourth-order valence-corrected chi connectivity index (χ4v) is 1.57. The SMILES string of the molecule is CCC(C)N(C)CCNc1ccncc1C. The number of aromatic nitrogens is 1. The summed E-state index contributed by atoms with van der Waals surface area (Å²) in [6, 6.07) is 2.68. The number of anilines is 1. The Hall–Kier alpha value is -1.09. The molecule has 90 valence electrons. The molecule has 3 heteroatoms. The van der Waals surface area contributed by atoms with Crippen LogP contribution < -0.4 is 5.32 Å². The summed E-state index contributed by atoms with van der Waals surface area (Å²) in [5.41, 5.74) is 2.39. The van der Waals surface area contributed by atoms with E-state index in [1.807, 2.05) is 18.5 Å². The Morgan fingerprint density at radius 3 is 2.88 bits per heavy atom. The predicted octanol–water partition coefficient (Wildman–Crippen LogP) is 2.53. The van der Waals surface area contributed by atoms with Crippen molar-refractivity contribution in [2.45, 2.75) is 33.2 Å². The third kappa shape index (κ3) is 3.81. The van der Waals surface area contributed by atoms with Gasteiger partial charge in [0.1, 0.15) is 0 Å². The van der Waals surface area contributed by atoms with E-state index in [1.54, 1.807) is 0 Å². The van der Waals surface area contributed by atoms with Crippen LogP contribution in [0.25, 0.3) is 0 Å². The molecule has 1 heterocycles. The fourth-order valence-electron chi connectivity index (χ4n) is 1.57. The summed E-state index contributed by atoms with van der Waals surface area (Å²) in [6.07, 6.45) is 4.92. The number of hydrogen-bond acceptors (Lipinski definition) is 3. The largest absolute Gasteiger partial charge is 0.383 e. The van der Waals surface area contributed by atoms with Crippen LogP contribution in [-0.2, 0) is 0 Å². The van der Waals surface area contributed by atoms with Crippen LogP contribution in [0.2, 0.25) is 0 Å². The number of nitrogens with zero attached hydrogens (tertiary/aromatic N) is 2. The third-order valence-electron chi connectivity index (χ3n) is 3.14. The Balaban J connectivity index is 2.33. The fraction of sp³-hybridized carbons (Fsp3) is 0.615. The first-order valence-corrected chi connectivity index (χ1v) is 5.99. The molecule has 0 saturated carbocycles. The van der Waals surface area contributed by atoms with Gasteiger partial charge in [-0.25, -0.2) is 0 Å². The van der Waals surface area contributed by atoms with Gasteiger partial charge in [0.15, 0.2) is 0 Å². The highest BCUT2D eigenvalue weighted by Gasteiger charge is 2.05. The second-order valence-electron chi connectivity index (χ2n) is 4.36. The maximum atomic E-state index is 4.08. The topological polar surface area (TPSA) is 28.2 Å². The molecule has 3 nitrogen and oxygen atoms in total. The molecule has 0 bridgehead atoms. The maximum absolute atomic E-state index is 4.08. The third-order valence-corrected chi connectivity index (χ3v) is 3.14. The maximum Gasteiger partial charge on any atom is 0.0401 e. The lowest BCUT2D eigenvalue weighted by Gasteiger charge is -2.23. The number of likely N-dealkylation sites (N-methyl/N-ethyl adjacent to an activating group) is 1. The lowest BCUT2D eigenvalue weighted by Crippen LogP contribution is -2.32. The second kappa shape index (κ2) is 6.48. The predicted molar refractivity (Wildman–Crippen MR) is 69.8 cm³/mol. The van der Waals surface area contributed by atoms with E-state index in [1.165, 1.54) is 17.7 Å². The zero-order valence-corrected chi connectivity index (χ0v) is 10.8. The molecule has 0 aromatic carbocycles. The van der Waals surface area contributed by atoms with Crippen molar-refractivity contribution in [3.8, 4) is 0 Å². The van der Waals surface area contributed by atoms with Crippen molar-refractivity contribution in [2.75, 3.05) is 25.5 Å². The molecule has 0 aliphatic heterocycles. The zero-order valence-electron chi connectivity index (χ0n) is 10.8. The standard InChI is InChI=1S/C13H23N3/c1-5-12(3)16(4)9-8-15-13-6-7-14-10-11(13)2/h6-7,10,12H,5,8-9H2,1-4H3,(H,14,15). The van der Waals surface area contributed by atoms with E-state index in [9.17, 15) is 0 Å². The van der Waals surface area contributed by atoms with Gasteiger partial charge in [-0.2, -0.15) is 0 Å². The second-order valence-corrected chi connectivity index (χ2v) is 4.36. The molecule has 0 aliphatic carbocycles. The van der Waals surface area contributed by atoms with E-state index in [0.717, 1.165) is 13.1 Å². The number of pyridine rings is 1. The molecule has 0 amide bonds. The molecular weight excluding hydrogens is 198 g/mol. The van der Waals surface area contributed by atoms with Crippen molar-refractivity contribution < 1.29 is 0 Å². The van der Waals surface area contributed by atoms with Crippen LogP contribution in [0.5, 0.6) is 0 Å². The van der Waals surface area contributed by atoms with Crippen LogP contribution in [0, 0.1) is 6.92 Å². The van der Waals surface area contributed by atoms with Crippen molar-refractivity contribution >= 4 is 5.69 Å². The average molecular weight is 221 g/mol. The van der Waals surface area contributed by atoms with Crippen molar-refractivity contribution in [2.24, 2.45) is 0 Å². The highest BCUT2D eigenvalue weighted by atomic mass is 15.1. The van der Waals surface area contributed by atoms with Gasteiger partial charge in [-0.15, -0.1) is 0 Å². The quantitative estimate of drug-likeness (QED) is 0.800. The Kier molecular flexibility index (Phi) is 5.26. The van der Waals surface area contributed by atoms with E-state index in [2.05, 4.69) is 43.0 Å². The van der Waals surface area contributed by atoms with Gasteiger partial charge < -0.3 is 10.2 Å². The van der Waals surface area contributed by atoms with E-state index in [-0.39, 0.29) is 0 Å². The van der Waals surface area contributed by atoms with Crippen molar-refractivity contribution in [1.29, 1.82) is 0 Å². The normalized spacial score (nSPS) is 12.8. The molecule has 1 N–H and O–H groups in total. The molecule has 1 unspecified atom stereocenters. The Morgan fingerprint density at radius 1 is 1.50 bits per heavy atom. The summed E-state index contributed by atoms with van der Waals surface area (Å²) in [5, 5.41) is 3.44. The van der Waals surface area contributed by atoms with Crippen LogP contribution in [-0.4, -0.2) is 36.1 Å². The summed E-state index contributed by atoms with van der Waals surface area (Å²) in [7, 11) is 2.18. The summed E-state index contributed by atoms with van der Waals surface area (Å²) in [6.45, 7) is 8.61. The number of nitrogens with one attached hydrogen (secondary N) is 1. The van der Waals surface area contributed by atoms with E-state index in [0.29, 0.717) is 6.04 Å². The molecular formula is C13H23N3. The lowest BCUT2D eigenvalue weighted by molar-refractivity contribution is 0.261. The van der Waals surface area contributed by atoms with Gasteiger partial charge in [-0.3, -0.25) is 4.98 Å². The van der Waals surface area contributed by atoms with Gasteiger partial charge in [0.05, 0.1) is 0 Å². The minimum Gasteiger partial charge on any atom is -0.383 e. The first-order chi connectivity index (χ1) is 7.65. The van der Waals surface area contributed by atoms with Crippen LogP contribution in [0.15, 0.2) is 18.5 Å². The molecule has 16 heavy (non-hydrogen) atoms. The van der Waals surface area contributed by atoms with Crippen molar-refractivity contribution in [1.82, 2.24) is 9.88 Å². The first-order valence-electron chi connectivity index (χ1n) is 5.99. The number of rotatable bonds is 6. The minimum atomic E-state index is 0.653. The molecule has 0 saturated heterocycles. The minimum absolute atomic E-state index is 0.653. The summed E-state index contributed by atoms with van der Waals surface area (Å²) >= 11 is 0. The number of hydrogen-bond donors (Lipinski definition) is 1. The molecule has 1 atom stereocenters. The molecule has 0 radical (unpaired) electrons. The van der Waals surface area contributed by atoms with Gasteiger partial charge in [-0.1, -0.05) is 6.92 Å². The molecule has 0 aliphatic rings. The van der Waals surface area contributed by atoms with Crippen molar-refractivity contribution in [3.63, 3.8) is 0 Å². The van der Waals surface area contributed by atoms with Gasteiger partial charge >= 0.3 is 0 Å². The molecule has 0 spiro atoms. The molecule has 1 rings (SSSR count). The van der Waals surface area contributed by atoms with Crippen LogP contribution >= 0.6 is 0 Å². The van der Waals surface area contributed by atoms with Gasteiger partial charge in [-0.05, 0) is 38.9 Å². The smallest absolute Gasteiger partial charge is 0.0401 e. The zero-order chi connectivity index (χ0) is 12.0. The summed E-state index contributed by atoms with van der Waals surface area (Å²) in [4.78, 5) is 6.46. The van der Waals surface area contributed by atoms with Crippen LogP contribution in [0.4, 0.5) is 5.69 Å². The van der Waals surface area contributed by atoms with Crippen LogP contribution in [0.1, 0.15) is 25.8 Å². The van der Waals surface area contributed by atoms with Gasteiger partial charge in [0, 0.05) is 37.2 Å². The van der Waals surface area contributed by atoms with E-state index in [4.69, 9.17) is 0 Å². The van der Waals surface area contributed by atoms with Gasteiger partial charge in [0.25, 0.3) is 0 Å². The summed E-state index contributed by atoms with van der Waals surface area (Å²) in [5.74, 6) is 0. The monoisotopic (exact) mass is 221 g/mol. The highest BCUT2D eigenvalue weighted by molar-refractivity contribution is 5.48. The molecule has 1 aromatic heterocycles. The highest BCUT2D eigenvalue weighted by Crippen LogP contribution is 2.10. The first kappa shape index (κ1) is 13.0. The van der Waals surface area contributed by atoms with Crippen molar-refractivity contribution in [3.05, 3.63) is 24.0 Å². The lowest BCUT2D eigenvalue weighted by atomic mass is 10.2. The van der Waals surface area contributed by atoms with E-state index < -0.39 is 0 Å². The molecule has 0 fully saturated rings. The Bertz CT molecular complexity index is 312. The Labute approximate surface area is 98.9 Å². The van der Waals surface area contributed by atoms with Crippen LogP contribution in [0.3, 0.4) is 0 Å². The van der Waals surface area contributed by atoms with Gasteiger partial charge in [0.2, 0.25) is 0 Å². The molecule has 1 aromatic rings.